The van der Waals surface area contributed by atoms with Gasteiger partial charge in [0.25, 0.3) is 5.91 Å². The van der Waals surface area contributed by atoms with Crippen molar-refractivity contribution in [1.82, 2.24) is 9.80 Å². The predicted octanol–water partition coefficient (Wildman–Crippen LogP) is 2.69. The van der Waals surface area contributed by atoms with E-state index in [1.165, 1.54) is 23.3 Å². The lowest BCUT2D eigenvalue weighted by molar-refractivity contribution is -0.136. The molecule has 0 bridgehead atoms. The molecule has 1 saturated carbocycles. The quantitative estimate of drug-likeness (QED) is 0.611. The lowest BCUT2D eigenvalue weighted by atomic mass is 9.81. The Balaban J connectivity index is 1.77. The summed E-state index contributed by atoms with van der Waals surface area (Å²) in [5.74, 6) is -1.36. The number of likely N-dealkylation sites (N-methyl/N-ethyl adjacent to an activating group) is 1. The smallest absolute Gasteiger partial charge is 0.341 e. The fourth-order valence-corrected chi connectivity index (χ4v) is 5.11. The maximum atomic E-state index is 13.0. The zero-order chi connectivity index (χ0) is 20.6. The van der Waals surface area contributed by atoms with Crippen LogP contribution in [0.15, 0.2) is 0 Å². The van der Waals surface area contributed by atoms with Crippen molar-refractivity contribution < 1.29 is 23.9 Å². The van der Waals surface area contributed by atoms with E-state index in [2.05, 4.69) is 5.32 Å². The van der Waals surface area contributed by atoms with E-state index in [4.69, 9.17) is 4.74 Å². The van der Waals surface area contributed by atoms with E-state index >= 15 is 0 Å². The molecule has 0 aromatic carbocycles. The van der Waals surface area contributed by atoms with Crippen molar-refractivity contribution in [3.05, 3.63) is 16.0 Å². The second kappa shape index (κ2) is 7.54. The van der Waals surface area contributed by atoms with Crippen LogP contribution in [0.1, 0.15) is 52.9 Å². The van der Waals surface area contributed by atoms with Crippen LogP contribution >= 0.6 is 11.3 Å². The van der Waals surface area contributed by atoms with Gasteiger partial charge in [-0.15, -0.1) is 11.3 Å². The van der Waals surface area contributed by atoms with Gasteiger partial charge >= 0.3 is 12.0 Å². The van der Waals surface area contributed by atoms with Crippen molar-refractivity contribution in [2.45, 2.75) is 51.5 Å². The number of nitrogens with zero attached hydrogens (tertiary/aromatic N) is 2. The van der Waals surface area contributed by atoms with E-state index in [1.54, 1.807) is 14.0 Å². The number of thiophene rings is 1. The van der Waals surface area contributed by atoms with Gasteiger partial charge in [-0.05, 0) is 32.3 Å². The molecule has 0 radical (unpaired) electrons. The summed E-state index contributed by atoms with van der Waals surface area (Å²) in [6.45, 7) is 3.25. The number of aryl methyl sites for hydroxylation is 1. The van der Waals surface area contributed by atoms with E-state index < -0.39 is 23.4 Å². The lowest BCUT2D eigenvalue weighted by Gasteiger charge is -2.35. The highest BCUT2D eigenvalue weighted by atomic mass is 32.1. The number of carbonyl (C=O) groups is 4. The molecule has 1 aliphatic heterocycles. The Morgan fingerprint density at radius 1 is 1.18 bits per heavy atom. The maximum Gasteiger partial charge on any atom is 0.341 e. The van der Waals surface area contributed by atoms with Crippen LogP contribution < -0.4 is 5.32 Å². The molecule has 152 valence electrons. The van der Waals surface area contributed by atoms with Gasteiger partial charge in [-0.2, -0.15) is 0 Å². The number of hydrogen-bond acceptors (Lipinski definition) is 6. The van der Waals surface area contributed by atoms with Crippen molar-refractivity contribution in [2.75, 3.05) is 26.0 Å². The van der Waals surface area contributed by atoms with Gasteiger partial charge in [0.1, 0.15) is 17.1 Å². The van der Waals surface area contributed by atoms with Gasteiger partial charge in [0, 0.05) is 11.9 Å². The molecule has 1 saturated heterocycles. The topological polar surface area (TPSA) is 96.0 Å². The van der Waals surface area contributed by atoms with Crippen LogP contribution in [0.5, 0.6) is 0 Å². The summed E-state index contributed by atoms with van der Waals surface area (Å²) >= 11 is 1.26. The number of rotatable bonds is 4. The van der Waals surface area contributed by atoms with Crippen LogP contribution in [0.3, 0.4) is 0 Å². The van der Waals surface area contributed by atoms with Crippen molar-refractivity contribution in [3.8, 4) is 0 Å². The predicted molar refractivity (Wildman–Crippen MR) is 104 cm³/mol. The highest BCUT2D eigenvalue weighted by Gasteiger charge is 2.55. The molecule has 8 nitrogen and oxygen atoms in total. The average Bonchev–Trinajstić information content (AvgIpc) is 3.04. The molecule has 28 heavy (non-hydrogen) atoms. The lowest BCUT2D eigenvalue weighted by Crippen LogP contribution is -2.49. The number of imide groups is 1. The Morgan fingerprint density at radius 2 is 1.82 bits per heavy atom. The maximum absolute atomic E-state index is 13.0. The average molecular weight is 407 g/mol. The van der Waals surface area contributed by atoms with E-state index in [1.807, 2.05) is 6.92 Å². The van der Waals surface area contributed by atoms with Crippen molar-refractivity contribution in [2.24, 2.45) is 0 Å². The third-order valence-electron chi connectivity index (χ3n) is 5.81. The minimum absolute atomic E-state index is 0.304. The van der Waals surface area contributed by atoms with Gasteiger partial charge in [0.15, 0.2) is 0 Å². The van der Waals surface area contributed by atoms with Crippen molar-refractivity contribution in [1.29, 1.82) is 0 Å². The first-order valence-electron chi connectivity index (χ1n) is 9.31. The summed E-state index contributed by atoms with van der Waals surface area (Å²) in [5, 5.41) is 3.04. The molecule has 3 rings (SSSR count). The molecule has 1 N–H and O–H groups in total. The molecular formula is C19H25N3O5S. The monoisotopic (exact) mass is 407 g/mol. The normalized spacial score (nSPS) is 18.7. The summed E-state index contributed by atoms with van der Waals surface area (Å²) in [6.07, 6.45) is 4.08. The number of methoxy groups -OCH3 is 1. The number of hydrogen-bond donors (Lipinski definition) is 1. The Morgan fingerprint density at radius 3 is 2.43 bits per heavy atom. The Kier molecular flexibility index (Phi) is 5.47. The third kappa shape index (κ3) is 3.17. The molecule has 2 fully saturated rings. The van der Waals surface area contributed by atoms with Gasteiger partial charge in [-0.1, -0.05) is 19.3 Å². The summed E-state index contributed by atoms with van der Waals surface area (Å²) in [4.78, 5) is 53.7. The number of nitrogens with one attached hydrogen (secondary N) is 1. The second-order valence-electron chi connectivity index (χ2n) is 7.35. The van der Waals surface area contributed by atoms with Gasteiger partial charge in [0.2, 0.25) is 5.91 Å². The summed E-state index contributed by atoms with van der Waals surface area (Å²) < 4.78 is 4.80. The highest BCUT2D eigenvalue weighted by Crippen LogP contribution is 2.39. The van der Waals surface area contributed by atoms with Crippen molar-refractivity contribution in [3.63, 3.8) is 0 Å². The number of ether oxygens (including phenoxy) is 1. The molecule has 1 aliphatic carbocycles. The SMILES string of the molecule is COC(=O)c1c(NC(=O)CN2C(=O)N(C)C3(CCCCC3)C2=O)sc(C)c1C. The summed E-state index contributed by atoms with van der Waals surface area (Å²) in [5.41, 5.74) is 0.225. The minimum Gasteiger partial charge on any atom is -0.465 e. The van der Waals surface area contributed by atoms with E-state index in [0.29, 0.717) is 23.4 Å². The number of carbonyl (C=O) groups excluding carboxylic acids is 4. The fourth-order valence-electron chi connectivity index (χ4n) is 4.04. The molecule has 1 aromatic rings. The van der Waals surface area contributed by atoms with E-state index in [9.17, 15) is 19.2 Å². The molecule has 2 aliphatic rings. The van der Waals surface area contributed by atoms with Crippen LogP contribution in [0.25, 0.3) is 0 Å². The fraction of sp³-hybridized carbons (Fsp3) is 0.579. The van der Waals surface area contributed by atoms with Crippen LogP contribution in [0.2, 0.25) is 0 Å². The number of urea groups is 1. The summed E-state index contributed by atoms with van der Waals surface area (Å²) in [7, 11) is 2.91. The highest BCUT2D eigenvalue weighted by molar-refractivity contribution is 7.16. The molecule has 0 atom stereocenters. The van der Waals surface area contributed by atoms with Gasteiger partial charge in [-0.3, -0.25) is 14.5 Å². The van der Waals surface area contributed by atoms with Crippen LogP contribution in [-0.4, -0.2) is 59.9 Å². The van der Waals surface area contributed by atoms with Crippen LogP contribution in [0, 0.1) is 13.8 Å². The largest absolute Gasteiger partial charge is 0.465 e. The van der Waals surface area contributed by atoms with Gasteiger partial charge in [-0.25, -0.2) is 9.59 Å². The first kappa shape index (κ1) is 20.3. The van der Waals surface area contributed by atoms with Gasteiger partial charge < -0.3 is 15.0 Å². The Bertz CT molecular complexity index is 841. The van der Waals surface area contributed by atoms with E-state index in [0.717, 1.165) is 34.6 Å². The first-order valence-corrected chi connectivity index (χ1v) is 10.1. The van der Waals surface area contributed by atoms with Crippen LogP contribution in [-0.2, 0) is 14.3 Å². The van der Waals surface area contributed by atoms with Crippen molar-refractivity contribution >= 4 is 40.2 Å². The molecular weight excluding hydrogens is 382 g/mol. The molecule has 2 heterocycles. The zero-order valence-corrected chi connectivity index (χ0v) is 17.4. The standard InChI is InChI=1S/C19H25N3O5S/c1-11-12(2)28-15(14(11)16(24)27-4)20-13(23)10-22-17(25)19(21(3)18(22)26)8-6-5-7-9-19/h5-10H2,1-4H3,(H,20,23). The first-order chi connectivity index (χ1) is 13.2. The molecule has 9 heteroatoms. The van der Waals surface area contributed by atoms with Gasteiger partial charge in [0.05, 0.1) is 12.7 Å². The Hall–Kier alpha value is -2.42. The van der Waals surface area contributed by atoms with E-state index in [-0.39, 0.29) is 12.5 Å². The molecule has 1 aromatic heterocycles. The molecule has 1 spiro atoms. The number of anilines is 1. The number of amides is 4. The molecule has 4 amide bonds. The third-order valence-corrected chi connectivity index (χ3v) is 6.94. The number of esters is 1. The second-order valence-corrected chi connectivity index (χ2v) is 8.58. The summed E-state index contributed by atoms with van der Waals surface area (Å²) in [6, 6.07) is -0.450. The molecule has 0 unspecified atom stereocenters. The minimum atomic E-state index is -0.817. The zero-order valence-electron chi connectivity index (χ0n) is 16.6. The van der Waals surface area contributed by atoms with Crippen LogP contribution in [0.4, 0.5) is 9.80 Å². The Labute approximate surface area is 167 Å².